The molecular formula is C11H18N4. The smallest absolute Gasteiger partial charge is 0.0726 e. The van der Waals surface area contributed by atoms with Gasteiger partial charge in [-0.25, -0.2) is 0 Å². The van der Waals surface area contributed by atoms with Crippen molar-refractivity contribution in [2.75, 3.05) is 20.1 Å². The highest BCUT2D eigenvalue weighted by atomic mass is 15.1. The van der Waals surface area contributed by atoms with Gasteiger partial charge in [-0.3, -0.25) is 14.9 Å². The van der Waals surface area contributed by atoms with Crippen LogP contribution in [0.5, 0.6) is 0 Å². The summed E-state index contributed by atoms with van der Waals surface area (Å²) in [5.74, 6) is 0. The van der Waals surface area contributed by atoms with Gasteiger partial charge in [-0.1, -0.05) is 0 Å². The van der Waals surface area contributed by atoms with Crippen LogP contribution >= 0.6 is 0 Å². The minimum absolute atomic E-state index is 0.659. The zero-order valence-corrected chi connectivity index (χ0v) is 9.19. The van der Waals surface area contributed by atoms with E-state index in [-0.39, 0.29) is 0 Å². The number of rotatable bonds is 4. The Balaban J connectivity index is 1.79. The molecule has 0 unspecified atom stereocenters. The van der Waals surface area contributed by atoms with Gasteiger partial charge in [-0.15, -0.1) is 0 Å². The highest BCUT2D eigenvalue weighted by Crippen LogP contribution is 2.07. The number of hydrogen-bond donors (Lipinski definition) is 1. The molecule has 1 aromatic rings. The molecule has 1 saturated heterocycles. The van der Waals surface area contributed by atoms with Crippen LogP contribution < -0.4 is 5.32 Å². The standard InChI is InChI=1S/C11H18N4/c1-15(8-10-3-2-4-13-10)9-11-7-12-5-6-14-11/h5-7,10,13H,2-4,8-9H2,1H3/t10-/m0/s1. The van der Waals surface area contributed by atoms with Crippen LogP contribution in [0, 0.1) is 0 Å². The highest BCUT2D eigenvalue weighted by Gasteiger charge is 2.15. The molecule has 15 heavy (non-hydrogen) atoms. The second-order valence-electron chi connectivity index (χ2n) is 4.19. The van der Waals surface area contributed by atoms with Gasteiger partial charge in [0.1, 0.15) is 0 Å². The summed E-state index contributed by atoms with van der Waals surface area (Å²) >= 11 is 0. The molecule has 0 saturated carbocycles. The van der Waals surface area contributed by atoms with E-state index >= 15 is 0 Å². The number of likely N-dealkylation sites (N-methyl/N-ethyl adjacent to an activating group) is 1. The molecule has 1 atom stereocenters. The molecule has 2 rings (SSSR count). The van der Waals surface area contributed by atoms with Gasteiger partial charge in [0, 0.05) is 37.7 Å². The van der Waals surface area contributed by atoms with Crippen LogP contribution in [0.2, 0.25) is 0 Å². The molecular weight excluding hydrogens is 188 g/mol. The fourth-order valence-corrected chi connectivity index (χ4v) is 2.04. The maximum Gasteiger partial charge on any atom is 0.0726 e. The maximum atomic E-state index is 4.27. The molecule has 0 aromatic carbocycles. The van der Waals surface area contributed by atoms with Crippen LogP contribution in [0.25, 0.3) is 0 Å². The van der Waals surface area contributed by atoms with Crippen molar-refractivity contribution in [2.45, 2.75) is 25.4 Å². The summed E-state index contributed by atoms with van der Waals surface area (Å²) in [6, 6.07) is 0.659. The number of nitrogens with zero attached hydrogens (tertiary/aromatic N) is 3. The predicted octanol–water partition coefficient (Wildman–Crippen LogP) is 0.660. The average molecular weight is 206 g/mol. The van der Waals surface area contributed by atoms with Gasteiger partial charge in [-0.05, 0) is 26.4 Å². The van der Waals surface area contributed by atoms with E-state index in [2.05, 4.69) is 27.2 Å². The molecule has 0 spiro atoms. The van der Waals surface area contributed by atoms with E-state index < -0.39 is 0 Å². The first kappa shape index (κ1) is 10.5. The SMILES string of the molecule is CN(Cc1cnccn1)C[C@@H]1CCCN1. The molecule has 82 valence electrons. The molecule has 0 aliphatic carbocycles. The summed E-state index contributed by atoms with van der Waals surface area (Å²) in [5, 5.41) is 3.50. The Morgan fingerprint density at radius 2 is 2.47 bits per heavy atom. The topological polar surface area (TPSA) is 41.1 Å². The van der Waals surface area contributed by atoms with Crippen molar-refractivity contribution in [1.82, 2.24) is 20.2 Å². The van der Waals surface area contributed by atoms with E-state index in [0.29, 0.717) is 6.04 Å². The lowest BCUT2D eigenvalue weighted by molar-refractivity contribution is 0.290. The van der Waals surface area contributed by atoms with Gasteiger partial charge < -0.3 is 5.32 Å². The maximum absolute atomic E-state index is 4.27. The van der Waals surface area contributed by atoms with Gasteiger partial charge in [-0.2, -0.15) is 0 Å². The minimum Gasteiger partial charge on any atom is -0.313 e. The van der Waals surface area contributed by atoms with E-state index in [1.807, 2.05) is 6.20 Å². The fraction of sp³-hybridized carbons (Fsp3) is 0.636. The van der Waals surface area contributed by atoms with Crippen molar-refractivity contribution in [3.63, 3.8) is 0 Å². The van der Waals surface area contributed by atoms with Gasteiger partial charge in [0.25, 0.3) is 0 Å². The van der Waals surface area contributed by atoms with E-state index in [0.717, 1.165) is 18.8 Å². The summed E-state index contributed by atoms with van der Waals surface area (Å²) in [7, 11) is 2.13. The lowest BCUT2D eigenvalue weighted by Crippen LogP contribution is -2.35. The van der Waals surface area contributed by atoms with Crippen molar-refractivity contribution in [1.29, 1.82) is 0 Å². The second-order valence-corrected chi connectivity index (χ2v) is 4.19. The molecule has 4 heteroatoms. The molecule has 0 radical (unpaired) electrons. The Bertz CT molecular complexity index is 282. The second kappa shape index (κ2) is 5.19. The van der Waals surface area contributed by atoms with Crippen LogP contribution in [0.1, 0.15) is 18.5 Å². The monoisotopic (exact) mass is 206 g/mol. The van der Waals surface area contributed by atoms with Gasteiger partial charge in [0.05, 0.1) is 5.69 Å². The number of aromatic nitrogens is 2. The van der Waals surface area contributed by atoms with Crippen molar-refractivity contribution >= 4 is 0 Å². The molecule has 0 bridgehead atoms. The normalized spacial score (nSPS) is 21.1. The Morgan fingerprint density at radius 3 is 3.13 bits per heavy atom. The van der Waals surface area contributed by atoms with E-state index in [1.54, 1.807) is 12.4 Å². The van der Waals surface area contributed by atoms with Crippen molar-refractivity contribution in [3.05, 3.63) is 24.3 Å². The third-order valence-electron chi connectivity index (χ3n) is 2.74. The van der Waals surface area contributed by atoms with Gasteiger partial charge in [0.2, 0.25) is 0 Å². The molecule has 1 aliphatic heterocycles. The highest BCUT2D eigenvalue weighted by molar-refractivity contribution is 4.94. The fourth-order valence-electron chi connectivity index (χ4n) is 2.04. The lowest BCUT2D eigenvalue weighted by atomic mass is 10.2. The molecule has 1 aliphatic rings. The molecule has 0 amide bonds. The van der Waals surface area contributed by atoms with Crippen molar-refractivity contribution in [3.8, 4) is 0 Å². The first-order valence-electron chi connectivity index (χ1n) is 5.51. The summed E-state index contributed by atoms with van der Waals surface area (Å²) < 4.78 is 0. The predicted molar refractivity (Wildman–Crippen MR) is 59.4 cm³/mol. The van der Waals surface area contributed by atoms with E-state index in [9.17, 15) is 0 Å². The van der Waals surface area contributed by atoms with Gasteiger partial charge in [0.15, 0.2) is 0 Å². The molecule has 1 N–H and O–H groups in total. The van der Waals surface area contributed by atoms with E-state index in [4.69, 9.17) is 0 Å². The molecule has 2 heterocycles. The van der Waals surface area contributed by atoms with Crippen LogP contribution in [0.15, 0.2) is 18.6 Å². The lowest BCUT2D eigenvalue weighted by Gasteiger charge is -2.20. The zero-order valence-electron chi connectivity index (χ0n) is 9.19. The van der Waals surface area contributed by atoms with Crippen molar-refractivity contribution in [2.24, 2.45) is 0 Å². The van der Waals surface area contributed by atoms with Crippen molar-refractivity contribution < 1.29 is 0 Å². The van der Waals surface area contributed by atoms with Crippen LogP contribution in [-0.4, -0.2) is 41.0 Å². The van der Waals surface area contributed by atoms with Crippen LogP contribution in [0.4, 0.5) is 0 Å². The quantitative estimate of drug-likeness (QED) is 0.786. The average Bonchev–Trinajstić information content (AvgIpc) is 2.71. The third kappa shape index (κ3) is 3.25. The number of hydrogen-bond acceptors (Lipinski definition) is 4. The summed E-state index contributed by atoms with van der Waals surface area (Å²) in [6.45, 7) is 3.15. The third-order valence-corrected chi connectivity index (χ3v) is 2.74. The Morgan fingerprint density at radius 1 is 1.53 bits per heavy atom. The van der Waals surface area contributed by atoms with Gasteiger partial charge >= 0.3 is 0 Å². The first-order valence-corrected chi connectivity index (χ1v) is 5.51. The summed E-state index contributed by atoms with van der Waals surface area (Å²) in [4.78, 5) is 10.6. The summed E-state index contributed by atoms with van der Waals surface area (Å²) in [5.41, 5.74) is 1.04. The Labute approximate surface area is 90.7 Å². The first-order chi connectivity index (χ1) is 7.34. The van der Waals surface area contributed by atoms with E-state index in [1.165, 1.54) is 19.4 Å². The Kier molecular flexibility index (Phi) is 3.64. The molecule has 1 aromatic heterocycles. The number of nitrogens with one attached hydrogen (secondary N) is 1. The van der Waals surface area contributed by atoms with Crippen LogP contribution in [0.3, 0.4) is 0 Å². The molecule has 4 nitrogen and oxygen atoms in total. The minimum atomic E-state index is 0.659. The van der Waals surface area contributed by atoms with Crippen LogP contribution in [-0.2, 0) is 6.54 Å². The summed E-state index contributed by atoms with van der Waals surface area (Å²) in [6.07, 6.45) is 7.89. The Hall–Kier alpha value is -1.00. The molecule has 1 fully saturated rings. The zero-order chi connectivity index (χ0) is 10.5. The largest absolute Gasteiger partial charge is 0.313 e.